The highest BCUT2D eigenvalue weighted by atomic mass is 32.1. The van der Waals surface area contributed by atoms with E-state index in [0.717, 1.165) is 16.5 Å². The number of thiazole rings is 1. The third-order valence-electron chi connectivity index (χ3n) is 4.03. The lowest BCUT2D eigenvalue weighted by Gasteiger charge is -2.30. The van der Waals surface area contributed by atoms with Crippen molar-refractivity contribution in [2.45, 2.75) is 26.2 Å². The monoisotopic (exact) mass is 334 g/mol. The molecular weight excluding hydrogens is 316 g/mol. The van der Waals surface area contributed by atoms with Gasteiger partial charge in [0.15, 0.2) is 10.8 Å². The molecule has 7 heteroatoms. The smallest absolute Gasteiger partial charge is 0.306 e. The van der Waals surface area contributed by atoms with Gasteiger partial charge in [-0.3, -0.25) is 9.59 Å². The molecular formula is C16H18N2O4S. The maximum absolute atomic E-state index is 12.3. The van der Waals surface area contributed by atoms with Crippen molar-refractivity contribution in [2.75, 3.05) is 13.1 Å². The summed E-state index contributed by atoms with van der Waals surface area (Å²) in [6.07, 6.45) is 1.29. The standard InChI is InChI=1S/C16H18N2O4S/c1-10-2-3-13(22-10)15-17-12(9-23-15)8-14(19)18-6-4-11(5-7-18)16(20)21/h2-3,9,11H,4-8H2,1H3,(H,20,21). The van der Waals surface area contributed by atoms with E-state index in [0.29, 0.717) is 31.7 Å². The van der Waals surface area contributed by atoms with E-state index in [2.05, 4.69) is 4.98 Å². The molecule has 0 aromatic carbocycles. The van der Waals surface area contributed by atoms with Gasteiger partial charge in [0.05, 0.1) is 18.0 Å². The topological polar surface area (TPSA) is 83.6 Å². The van der Waals surface area contributed by atoms with Gasteiger partial charge in [-0.15, -0.1) is 11.3 Å². The number of carboxylic acids is 1. The Kier molecular flexibility index (Phi) is 4.47. The first kappa shape index (κ1) is 15.7. The Labute approximate surface area is 137 Å². The van der Waals surface area contributed by atoms with Crippen LogP contribution in [0.5, 0.6) is 0 Å². The van der Waals surface area contributed by atoms with Crippen molar-refractivity contribution < 1.29 is 19.1 Å². The van der Waals surface area contributed by atoms with Crippen molar-refractivity contribution in [3.63, 3.8) is 0 Å². The van der Waals surface area contributed by atoms with Crippen molar-refractivity contribution in [1.82, 2.24) is 9.88 Å². The minimum absolute atomic E-state index is 0.00122. The van der Waals surface area contributed by atoms with Crippen molar-refractivity contribution in [3.8, 4) is 10.8 Å². The van der Waals surface area contributed by atoms with E-state index in [1.807, 2.05) is 24.4 Å². The Bertz CT molecular complexity index is 713. The fourth-order valence-corrected chi connectivity index (χ4v) is 3.47. The molecule has 0 radical (unpaired) electrons. The van der Waals surface area contributed by atoms with E-state index in [-0.39, 0.29) is 18.2 Å². The maximum atomic E-state index is 12.3. The Morgan fingerprint density at radius 2 is 2.13 bits per heavy atom. The van der Waals surface area contributed by atoms with Crippen LogP contribution in [0.25, 0.3) is 10.8 Å². The van der Waals surface area contributed by atoms with E-state index in [4.69, 9.17) is 9.52 Å². The normalized spacial score (nSPS) is 15.8. The second kappa shape index (κ2) is 6.54. The minimum atomic E-state index is -0.769. The molecule has 0 aliphatic carbocycles. The molecule has 6 nitrogen and oxygen atoms in total. The predicted octanol–water partition coefficient (Wildman–Crippen LogP) is 2.58. The number of piperidine rings is 1. The van der Waals surface area contributed by atoms with Crippen molar-refractivity contribution in [3.05, 3.63) is 29.0 Å². The Morgan fingerprint density at radius 3 is 2.74 bits per heavy atom. The molecule has 3 rings (SSSR count). The maximum Gasteiger partial charge on any atom is 0.306 e. The lowest BCUT2D eigenvalue weighted by Crippen LogP contribution is -2.41. The highest BCUT2D eigenvalue weighted by Crippen LogP contribution is 2.26. The molecule has 0 bridgehead atoms. The van der Waals surface area contributed by atoms with Crippen LogP contribution in [0.4, 0.5) is 0 Å². The Balaban J connectivity index is 1.58. The number of carboxylic acid groups (broad SMARTS) is 1. The van der Waals surface area contributed by atoms with Gasteiger partial charge < -0.3 is 14.4 Å². The van der Waals surface area contributed by atoms with Gasteiger partial charge in [0, 0.05) is 18.5 Å². The average molecular weight is 334 g/mol. The SMILES string of the molecule is Cc1ccc(-c2nc(CC(=O)N3CCC(C(=O)O)CC3)cs2)o1. The van der Waals surface area contributed by atoms with Crippen LogP contribution in [0.2, 0.25) is 0 Å². The summed E-state index contributed by atoms with van der Waals surface area (Å²) >= 11 is 1.46. The predicted molar refractivity (Wildman–Crippen MR) is 85.2 cm³/mol. The molecule has 1 aliphatic heterocycles. The highest BCUT2D eigenvalue weighted by molar-refractivity contribution is 7.13. The number of hydrogen-bond acceptors (Lipinski definition) is 5. The Morgan fingerprint density at radius 1 is 1.39 bits per heavy atom. The van der Waals surface area contributed by atoms with Crippen molar-refractivity contribution in [1.29, 1.82) is 0 Å². The zero-order chi connectivity index (χ0) is 16.4. The third-order valence-corrected chi connectivity index (χ3v) is 4.94. The second-order valence-electron chi connectivity index (χ2n) is 5.72. The number of aryl methyl sites for hydroxylation is 1. The van der Waals surface area contributed by atoms with Gasteiger partial charge in [0.2, 0.25) is 5.91 Å². The van der Waals surface area contributed by atoms with Gasteiger partial charge in [-0.2, -0.15) is 0 Å². The summed E-state index contributed by atoms with van der Waals surface area (Å²) in [7, 11) is 0. The molecule has 1 saturated heterocycles. The average Bonchev–Trinajstić information content (AvgIpc) is 3.16. The number of aliphatic carboxylic acids is 1. The van der Waals surface area contributed by atoms with Crippen molar-refractivity contribution >= 4 is 23.2 Å². The van der Waals surface area contributed by atoms with Gasteiger partial charge in [0.1, 0.15) is 5.76 Å². The fraction of sp³-hybridized carbons (Fsp3) is 0.438. The zero-order valence-electron chi connectivity index (χ0n) is 12.8. The van der Waals surface area contributed by atoms with Crippen LogP contribution in [-0.4, -0.2) is 40.0 Å². The van der Waals surface area contributed by atoms with Gasteiger partial charge in [-0.05, 0) is 31.9 Å². The number of nitrogens with zero attached hydrogens (tertiary/aromatic N) is 2. The van der Waals surface area contributed by atoms with Crippen LogP contribution in [0, 0.1) is 12.8 Å². The first-order chi connectivity index (χ1) is 11.0. The Hall–Kier alpha value is -2.15. The summed E-state index contributed by atoms with van der Waals surface area (Å²) in [5, 5.41) is 11.6. The third kappa shape index (κ3) is 3.61. The number of furan rings is 1. The number of likely N-dealkylation sites (tertiary alicyclic amines) is 1. The van der Waals surface area contributed by atoms with Crippen LogP contribution in [0.3, 0.4) is 0 Å². The van der Waals surface area contributed by atoms with Crippen LogP contribution in [0.1, 0.15) is 24.3 Å². The first-order valence-corrected chi connectivity index (χ1v) is 8.42. The molecule has 0 atom stereocenters. The summed E-state index contributed by atoms with van der Waals surface area (Å²) in [5.41, 5.74) is 0.726. The van der Waals surface area contributed by atoms with Crippen LogP contribution < -0.4 is 0 Å². The summed E-state index contributed by atoms with van der Waals surface area (Å²) in [6.45, 7) is 2.89. The van der Waals surface area contributed by atoms with Gasteiger partial charge in [-0.1, -0.05) is 0 Å². The molecule has 3 heterocycles. The molecule has 0 unspecified atom stereocenters. The number of rotatable bonds is 4. The summed E-state index contributed by atoms with van der Waals surface area (Å²) < 4.78 is 5.54. The molecule has 1 N–H and O–H groups in total. The molecule has 2 aromatic heterocycles. The zero-order valence-corrected chi connectivity index (χ0v) is 13.6. The number of hydrogen-bond donors (Lipinski definition) is 1. The van der Waals surface area contributed by atoms with Crippen LogP contribution in [0.15, 0.2) is 21.9 Å². The van der Waals surface area contributed by atoms with Crippen LogP contribution >= 0.6 is 11.3 Å². The summed E-state index contributed by atoms with van der Waals surface area (Å²) in [6, 6.07) is 3.75. The fourth-order valence-electron chi connectivity index (χ4n) is 2.69. The van der Waals surface area contributed by atoms with Gasteiger partial charge >= 0.3 is 5.97 Å². The molecule has 1 fully saturated rings. The lowest BCUT2D eigenvalue weighted by molar-refractivity contribution is -0.145. The minimum Gasteiger partial charge on any atom is -0.481 e. The second-order valence-corrected chi connectivity index (χ2v) is 6.58. The van der Waals surface area contributed by atoms with E-state index < -0.39 is 5.97 Å². The van der Waals surface area contributed by atoms with E-state index in [1.165, 1.54) is 11.3 Å². The highest BCUT2D eigenvalue weighted by Gasteiger charge is 2.27. The number of amides is 1. The molecule has 122 valence electrons. The van der Waals surface area contributed by atoms with Crippen LogP contribution in [-0.2, 0) is 16.0 Å². The van der Waals surface area contributed by atoms with Gasteiger partial charge in [0.25, 0.3) is 0 Å². The molecule has 0 saturated carbocycles. The molecule has 1 amide bonds. The quantitative estimate of drug-likeness (QED) is 0.929. The van der Waals surface area contributed by atoms with E-state index >= 15 is 0 Å². The van der Waals surface area contributed by atoms with Gasteiger partial charge in [-0.25, -0.2) is 4.98 Å². The molecule has 0 spiro atoms. The summed E-state index contributed by atoms with van der Waals surface area (Å²) in [4.78, 5) is 29.4. The molecule has 1 aliphatic rings. The van der Waals surface area contributed by atoms with Crippen molar-refractivity contribution in [2.24, 2.45) is 5.92 Å². The first-order valence-electron chi connectivity index (χ1n) is 7.54. The number of carbonyl (C=O) groups is 2. The number of carbonyl (C=O) groups excluding carboxylic acids is 1. The summed E-state index contributed by atoms with van der Waals surface area (Å²) in [5.74, 6) is 0.450. The largest absolute Gasteiger partial charge is 0.481 e. The number of aromatic nitrogens is 1. The molecule has 2 aromatic rings. The van der Waals surface area contributed by atoms with E-state index in [9.17, 15) is 9.59 Å². The lowest BCUT2D eigenvalue weighted by atomic mass is 9.97. The van der Waals surface area contributed by atoms with E-state index in [1.54, 1.807) is 4.90 Å². The molecule has 23 heavy (non-hydrogen) atoms.